The molecule has 0 aromatic heterocycles. The first kappa shape index (κ1) is 21.9. The fraction of sp³-hybridized carbons (Fsp3) is 0.435. The Bertz CT molecular complexity index is 965. The van der Waals surface area contributed by atoms with Crippen LogP contribution in [0.15, 0.2) is 36.4 Å². The molecule has 166 valence electrons. The van der Waals surface area contributed by atoms with Gasteiger partial charge in [0, 0.05) is 43.7 Å². The number of benzene rings is 2. The van der Waals surface area contributed by atoms with Gasteiger partial charge in [0.1, 0.15) is 5.82 Å². The van der Waals surface area contributed by atoms with E-state index in [0.29, 0.717) is 49.9 Å². The molecule has 31 heavy (non-hydrogen) atoms. The van der Waals surface area contributed by atoms with Crippen LogP contribution in [0.4, 0.5) is 4.39 Å². The number of nitrogens with zero attached hydrogens (tertiary/aromatic N) is 2. The Morgan fingerprint density at radius 2 is 1.90 bits per heavy atom. The van der Waals surface area contributed by atoms with Gasteiger partial charge < -0.3 is 19.1 Å². The maximum absolute atomic E-state index is 13.4. The Hall–Kier alpha value is -2.35. The molecule has 2 aromatic rings. The summed E-state index contributed by atoms with van der Waals surface area (Å²) in [7, 11) is 3.12. The molecule has 0 atom stereocenters. The summed E-state index contributed by atoms with van der Waals surface area (Å²) in [5, 5.41) is 0.136. The lowest BCUT2D eigenvalue weighted by atomic mass is 9.79. The second-order valence-corrected chi connectivity index (χ2v) is 8.65. The first-order chi connectivity index (χ1) is 14.9. The second kappa shape index (κ2) is 9.02. The summed E-state index contributed by atoms with van der Waals surface area (Å²) < 4.78 is 29.8. The van der Waals surface area contributed by atoms with Crippen molar-refractivity contribution in [1.29, 1.82) is 0 Å². The van der Waals surface area contributed by atoms with E-state index in [9.17, 15) is 9.18 Å². The Morgan fingerprint density at radius 3 is 2.61 bits per heavy atom. The largest absolute Gasteiger partial charge is 0.493 e. The van der Waals surface area contributed by atoms with Gasteiger partial charge in [-0.2, -0.15) is 0 Å². The molecule has 2 fully saturated rings. The number of carbonyl (C=O) groups is 1. The quantitative estimate of drug-likeness (QED) is 0.701. The van der Waals surface area contributed by atoms with Gasteiger partial charge in [-0.05, 0) is 35.9 Å². The fourth-order valence-corrected chi connectivity index (χ4v) is 4.62. The van der Waals surface area contributed by atoms with Gasteiger partial charge in [0.05, 0.1) is 32.5 Å². The molecule has 1 spiro atoms. The Morgan fingerprint density at radius 1 is 1.13 bits per heavy atom. The summed E-state index contributed by atoms with van der Waals surface area (Å²) in [6, 6.07) is 10.0. The van der Waals surface area contributed by atoms with Gasteiger partial charge in [0.2, 0.25) is 0 Å². The average molecular weight is 449 g/mol. The maximum Gasteiger partial charge on any atom is 0.254 e. The Labute approximate surface area is 186 Å². The molecular weight excluding hydrogens is 423 g/mol. The molecule has 2 aliphatic rings. The van der Waals surface area contributed by atoms with Crippen molar-refractivity contribution >= 4 is 17.5 Å². The number of carbonyl (C=O) groups excluding carboxylic acids is 1. The molecule has 0 bridgehead atoms. The van der Waals surface area contributed by atoms with Crippen molar-refractivity contribution in [3.05, 3.63) is 58.4 Å². The van der Waals surface area contributed by atoms with Crippen molar-refractivity contribution < 1.29 is 23.4 Å². The highest BCUT2D eigenvalue weighted by molar-refractivity contribution is 6.30. The van der Waals surface area contributed by atoms with E-state index in [-0.39, 0.29) is 16.3 Å². The van der Waals surface area contributed by atoms with Crippen LogP contribution >= 0.6 is 11.6 Å². The molecule has 0 saturated carbocycles. The predicted molar refractivity (Wildman–Crippen MR) is 115 cm³/mol. The van der Waals surface area contributed by atoms with Crippen molar-refractivity contribution in [3.8, 4) is 11.5 Å². The molecule has 2 aliphatic heterocycles. The van der Waals surface area contributed by atoms with Crippen LogP contribution in [-0.4, -0.2) is 69.3 Å². The van der Waals surface area contributed by atoms with Crippen molar-refractivity contribution in [2.45, 2.75) is 6.54 Å². The molecule has 2 saturated heterocycles. The van der Waals surface area contributed by atoms with Gasteiger partial charge in [0.25, 0.3) is 5.91 Å². The van der Waals surface area contributed by atoms with Crippen molar-refractivity contribution in [1.82, 2.24) is 9.80 Å². The first-order valence-corrected chi connectivity index (χ1v) is 10.6. The van der Waals surface area contributed by atoms with Crippen LogP contribution < -0.4 is 9.47 Å². The molecule has 6 nitrogen and oxygen atoms in total. The summed E-state index contributed by atoms with van der Waals surface area (Å²) >= 11 is 5.90. The van der Waals surface area contributed by atoms with E-state index in [4.69, 9.17) is 25.8 Å². The minimum atomic E-state index is -0.410. The number of hydrogen-bond acceptors (Lipinski definition) is 5. The molecule has 2 aromatic carbocycles. The molecule has 0 N–H and O–H groups in total. The number of hydrogen-bond donors (Lipinski definition) is 0. The number of ether oxygens (including phenoxy) is 3. The van der Waals surface area contributed by atoms with Crippen LogP contribution in [0.1, 0.15) is 15.9 Å². The molecule has 0 radical (unpaired) electrons. The minimum Gasteiger partial charge on any atom is -0.493 e. The maximum atomic E-state index is 13.4. The molecule has 4 rings (SSSR count). The topological polar surface area (TPSA) is 51.2 Å². The van der Waals surface area contributed by atoms with E-state index in [1.54, 1.807) is 44.6 Å². The van der Waals surface area contributed by atoms with Crippen LogP contribution in [0.3, 0.4) is 0 Å². The standard InChI is InChI=1S/C23H26ClFN2O4/c1-29-20-6-4-17(10-21(20)30-2)22(28)27-7-8-31-15-23(14-27)12-26(13-23)11-16-3-5-19(25)18(24)9-16/h3-6,9-10H,7-8,11-15H2,1-2H3. The van der Waals surface area contributed by atoms with Crippen LogP contribution in [-0.2, 0) is 11.3 Å². The molecule has 0 unspecified atom stereocenters. The van der Waals surface area contributed by atoms with Gasteiger partial charge in [0.15, 0.2) is 11.5 Å². The first-order valence-electron chi connectivity index (χ1n) is 10.2. The predicted octanol–water partition coefficient (Wildman–Crippen LogP) is 3.47. The monoisotopic (exact) mass is 448 g/mol. The lowest BCUT2D eigenvalue weighted by molar-refractivity contribution is -0.0605. The van der Waals surface area contributed by atoms with Crippen LogP contribution in [0.2, 0.25) is 5.02 Å². The zero-order valence-corrected chi connectivity index (χ0v) is 18.5. The lowest BCUT2D eigenvalue weighted by Gasteiger charge is -2.50. The van der Waals surface area contributed by atoms with E-state index in [1.807, 2.05) is 4.90 Å². The SMILES string of the molecule is COc1ccc(C(=O)N2CCOCC3(CN(Cc4ccc(F)c(Cl)c4)C3)C2)cc1OC. The summed E-state index contributed by atoms with van der Waals surface area (Å²) in [6.07, 6.45) is 0. The van der Waals surface area contributed by atoms with E-state index >= 15 is 0 Å². The van der Waals surface area contributed by atoms with Gasteiger partial charge in [-0.3, -0.25) is 9.69 Å². The summed E-state index contributed by atoms with van der Waals surface area (Å²) in [4.78, 5) is 17.3. The molecular formula is C23H26ClFN2O4. The van der Waals surface area contributed by atoms with Crippen molar-refractivity contribution in [2.24, 2.45) is 5.41 Å². The Balaban J connectivity index is 1.42. The number of rotatable bonds is 5. The lowest BCUT2D eigenvalue weighted by Crippen LogP contribution is -2.62. The summed E-state index contributed by atoms with van der Waals surface area (Å²) in [5.41, 5.74) is 1.42. The van der Waals surface area contributed by atoms with Crippen LogP contribution in [0.25, 0.3) is 0 Å². The molecule has 1 amide bonds. The molecule has 0 aliphatic carbocycles. The number of methoxy groups -OCH3 is 2. The number of halogens is 2. The highest BCUT2D eigenvalue weighted by Gasteiger charge is 2.46. The number of likely N-dealkylation sites (tertiary alicyclic amines) is 1. The third-order valence-electron chi connectivity index (χ3n) is 5.87. The Kier molecular flexibility index (Phi) is 6.36. The van der Waals surface area contributed by atoms with E-state index in [0.717, 1.165) is 18.7 Å². The van der Waals surface area contributed by atoms with Gasteiger partial charge >= 0.3 is 0 Å². The van der Waals surface area contributed by atoms with Crippen molar-refractivity contribution in [3.63, 3.8) is 0 Å². The van der Waals surface area contributed by atoms with E-state index in [1.165, 1.54) is 6.07 Å². The smallest absolute Gasteiger partial charge is 0.254 e. The number of amides is 1. The molecule has 8 heteroatoms. The van der Waals surface area contributed by atoms with Crippen LogP contribution in [0.5, 0.6) is 11.5 Å². The third-order valence-corrected chi connectivity index (χ3v) is 6.16. The normalized spacial score (nSPS) is 18.4. The van der Waals surface area contributed by atoms with E-state index in [2.05, 4.69) is 4.90 Å². The van der Waals surface area contributed by atoms with Gasteiger partial charge in [-0.25, -0.2) is 4.39 Å². The summed E-state index contributed by atoms with van der Waals surface area (Å²) in [5.74, 6) is 0.661. The third kappa shape index (κ3) is 4.63. The van der Waals surface area contributed by atoms with Gasteiger partial charge in [-0.15, -0.1) is 0 Å². The fourth-order valence-electron chi connectivity index (χ4n) is 4.42. The van der Waals surface area contributed by atoms with E-state index < -0.39 is 5.82 Å². The average Bonchev–Trinajstić information content (AvgIpc) is 2.98. The molecule has 2 heterocycles. The zero-order valence-electron chi connectivity index (χ0n) is 17.7. The highest BCUT2D eigenvalue weighted by Crippen LogP contribution is 2.36. The second-order valence-electron chi connectivity index (χ2n) is 8.24. The van der Waals surface area contributed by atoms with Crippen LogP contribution in [0, 0.1) is 11.2 Å². The summed E-state index contributed by atoms with van der Waals surface area (Å²) in [6.45, 7) is 4.59. The zero-order chi connectivity index (χ0) is 22.0. The highest BCUT2D eigenvalue weighted by atomic mass is 35.5. The van der Waals surface area contributed by atoms with Gasteiger partial charge in [-0.1, -0.05) is 17.7 Å². The minimum absolute atomic E-state index is 0.0467. The van der Waals surface area contributed by atoms with Crippen molar-refractivity contribution in [2.75, 3.05) is 53.6 Å².